The highest BCUT2D eigenvalue weighted by Crippen LogP contribution is 2.32. The summed E-state index contributed by atoms with van der Waals surface area (Å²) in [7, 11) is 0. The first-order valence-corrected chi connectivity index (χ1v) is 12.9. The molecule has 0 unspecified atom stereocenters. The Morgan fingerprint density at radius 3 is 2.49 bits per heavy atom. The van der Waals surface area contributed by atoms with E-state index < -0.39 is 12.1 Å². The number of carboxylic acid groups (broad SMARTS) is 1. The number of carbonyl (C=O) groups excluding carboxylic acids is 3. The van der Waals surface area contributed by atoms with Gasteiger partial charge in [0.1, 0.15) is 6.54 Å². The second-order valence-electron chi connectivity index (χ2n) is 9.90. The molecule has 14 heteroatoms. The summed E-state index contributed by atoms with van der Waals surface area (Å²) in [5.41, 5.74) is 0.528. The van der Waals surface area contributed by atoms with E-state index in [2.05, 4.69) is 20.5 Å². The molecule has 0 bridgehead atoms. The molecule has 13 nitrogen and oxygen atoms in total. The van der Waals surface area contributed by atoms with Crippen molar-refractivity contribution in [3.05, 3.63) is 23.9 Å². The number of pyridine rings is 1. The minimum atomic E-state index is -1.02. The Morgan fingerprint density at radius 2 is 1.86 bits per heavy atom. The van der Waals surface area contributed by atoms with Crippen LogP contribution in [0.25, 0.3) is 0 Å². The smallest absolute Gasteiger partial charge is 0.416 e. The van der Waals surface area contributed by atoms with Gasteiger partial charge in [0.05, 0.1) is 0 Å². The lowest BCUT2D eigenvalue weighted by atomic mass is 9.81. The predicted octanol–water partition coefficient (Wildman–Crippen LogP) is 1.63. The van der Waals surface area contributed by atoms with Crippen molar-refractivity contribution in [2.24, 2.45) is 5.41 Å². The number of aliphatic carboxylic acids is 1. The molecule has 2 fully saturated rings. The van der Waals surface area contributed by atoms with Crippen LogP contribution in [0.5, 0.6) is 5.88 Å². The number of likely N-dealkylation sites (tertiary alicyclic amines) is 2. The van der Waals surface area contributed by atoms with Crippen LogP contribution in [0.1, 0.15) is 45.1 Å². The standard InChI is InChI=1S/C23H29N7O6S/c1-23(2)11-18(31)29(19(32)12-23)10-5-15-3-4-17(24-13-15)36-22(35)28-8-6-16(7-9-28)37-21-25-26-27-30(21)14-20(33)34/h3-4,13,16H,5-12,14H2,1-2H3,(H,33,34). The molecule has 4 heterocycles. The lowest BCUT2D eigenvalue weighted by Crippen LogP contribution is -2.46. The molecule has 0 radical (unpaired) electrons. The maximum absolute atomic E-state index is 12.6. The molecule has 2 aliphatic heterocycles. The van der Waals surface area contributed by atoms with Gasteiger partial charge in [-0.15, -0.1) is 5.10 Å². The maximum Gasteiger partial charge on any atom is 0.416 e. The minimum absolute atomic E-state index is 0.143. The van der Waals surface area contributed by atoms with Crippen molar-refractivity contribution in [3.63, 3.8) is 0 Å². The van der Waals surface area contributed by atoms with Crippen LogP contribution in [-0.4, -0.2) is 88.9 Å². The summed E-state index contributed by atoms with van der Waals surface area (Å²) in [6, 6.07) is 3.36. The molecule has 1 N–H and O–H groups in total. The van der Waals surface area contributed by atoms with E-state index in [1.165, 1.54) is 21.3 Å². The Kier molecular flexibility index (Phi) is 8.05. The zero-order chi connectivity index (χ0) is 26.6. The summed E-state index contributed by atoms with van der Waals surface area (Å²) in [5, 5.41) is 20.6. The number of carboxylic acids is 1. The van der Waals surface area contributed by atoms with Gasteiger partial charge in [-0.1, -0.05) is 31.7 Å². The van der Waals surface area contributed by atoms with Gasteiger partial charge in [-0.3, -0.25) is 19.3 Å². The summed E-state index contributed by atoms with van der Waals surface area (Å²) in [5.74, 6) is -1.16. The van der Waals surface area contributed by atoms with Crippen LogP contribution >= 0.6 is 11.8 Å². The number of imide groups is 1. The Hall–Kier alpha value is -3.55. The molecule has 2 aromatic rings. The SMILES string of the molecule is CC1(C)CC(=O)N(CCc2ccc(OC(=O)N3CCC(Sc4nnnn4CC(=O)O)CC3)nc2)C(=O)C1. The fourth-order valence-electron chi connectivity index (χ4n) is 4.29. The van der Waals surface area contributed by atoms with E-state index >= 15 is 0 Å². The number of hydrogen-bond acceptors (Lipinski definition) is 10. The Balaban J connectivity index is 1.22. The quantitative estimate of drug-likeness (QED) is 0.493. The van der Waals surface area contributed by atoms with Crippen LogP contribution in [0.15, 0.2) is 23.5 Å². The molecule has 4 rings (SSSR count). The Labute approximate surface area is 217 Å². The summed E-state index contributed by atoms with van der Waals surface area (Å²) in [6.07, 6.45) is 3.62. The van der Waals surface area contributed by atoms with Gasteiger partial charge in [0.25, 0.3) is 0 Å². The van der Waals surface area contributed by atoms with Crippen molar-refractivity contribution in [2.75, 3.05) is 19.6 Å². The minimum Gasteiger partial charge on any atom is -0.480 e. The molecule has 0 atom stereocenters. The lowest BCUT2D eigenvalue weighted by Gasteiger charge is -2.34. The number of rotatable bonds is 8. The first kappa shape index (κ1) is 26.5. The van der Waals surface area contributed by atoms with Crippen LogP contribution in [0.4, 0.5) is 4.79 Å². The van der Waals surface area contributed by atoms with Crippen molar-refractivity contribution < 1.29 is 29.0 Å². The number of nitrogens with zero attached hydrogens (tertiary/aromatic N) is 7. The molecule has 0 aromatic carbocycles. The van der Waals surface area contributed by atoms with Crippen LogP contribution in [-0.2, 0) is 27.3 Å². The van der Waals surface area contributed by atoms with Crippen LogP contribution in [0.3, 0.4) is 0 Å². The van der Waals surface area contributed by atoms with Crippen molar-refractivity contribution in [1.29, 1.82) is 0 Å². The van der Waals surface area contributed by atoms with Gasteiger partial charge in [0.15, 0.2) is 0 Å². The first-order valence-electron chi connectivity index (χ1n) is 12.0. The molecule has 0 saturated carbocycles. The topological polar surface area (TPSA) is 161 Å². The zero-order valence-corrected chi connectivity index (χ0v) is 21.5. The molecule has 0 spiro atoms. The highest BCUT2D eigenvalue weighted by Gasteiger charge is 2.37. The molecule has 2 aliphatic rings. The van der Waals surface area contributed by atoms with E-state index in [9.17, 15) is 19.2 Å². The van der Waals surface area contributed by atoms with E-state index in [0.717, 1.165) is 5.56 Å². The van der Waals surface area contributed by atoms with E-state index in [-0.39, 0.29) is 34.9 Å². The Bertz CT molecular complexity index is 1140. The number of tetrazole rings is 1. The summed E-state index contributed by atoms with van der Waals surface area (Å²) in [4.78, 5) is 55.2. The van der Waals surface area contributed by atoms with Gasteiger partial charge < -0.3 is 14.7 Å². The fraction of sp³-hybridized carbons (Fsp3) is 0.565. The molecule has 2 saturated heterocycles. The highest BCUT2D eigenvalue weighted by molar-refractivity contribution is 7.99. The normalized spacial score (nSPS) is 18.2. The number of aromatic nitrogens is 5. The highest BCUT2D eigenvalue weighted by atomic mass is 32.2. The van der Waals surface area contributed by atoms with E-state index in [4.69, 9.17) is 9.84 Å². The van der Waals surface area contributed by atoms with Gasteiger partial charge in [-0.05, 0) is 40.7 Å². The maximum atomic E-state index is 12.6. The third kappa shape index (κ3) is 7.02. The number of piperidine rings is 2. The van der Waals surface area contributed by atoms with Gasteiger partial charge in [-0.25, -0.2) is 14.5 Å². The largest absolute Gasteiger partial charge is 0.480 e. The van der Waals surface area contributed by atoms with Crippen LogP contribution in [0, 0.1) is 5.41 Å². The second kappa shape index (κ2) is 11.2. The van der Waals surface area contributed by atoms with E-state index in [1.807, 2.05) is 13.8 Å². The third-order valence-corrected chi connectivity index (χ3v) is 7.54. The molecule has 2 aromatic heterocycles. The first-order chi connectivity index (χ1) is 17.6. The molecule has 37 heavy (non-hydrogen) atoms. The Morgan fingerprint density at radius 1 is 1.16 bits per heavy atom. The monoisotopic (exact) mass is 531 g/mol. The van der Waals surface area contributed by atoms with Crippen molar-refractivity contribution in [1.82, 2.24) is 35.0 Å². The van der Waals surface area contributed by atoms with Crippen molar-refractivity contribution in [3.8, 4) is 5.88 Å². The number of ether oxygens (including phenoxy) is 1. The van der Waals surface area contributed by atoms with Crippen LogP contribution < -0.4 is 4.74 Å². The van der Waals surface area contributed by atoms with Crippen molar-refractivity contribution >= 4 is 35.6 Å². The number of carbonyl (C=O) groups is 4. The van der Waals surface area contributed by atoms with Gasteiger partial charge >= 0.3 is 12.1 Å². The predicted molar refractivity (Wildman–Crippen MR) is 130 cm³/mol. The third-order valence-electron chi connectivity index (χ3n) is 6.23. The van der Waals surface area contributed by atoms with Crippen molar-refractivity contribution in [2.45, 2.75) is 62.9 Å². The fourth-order valence-corrected chi connectivity index (χ4v) is 5.34. The van der Waals surface area contributed by atoms with Gasteiger partial charge in [0.2, 0.25) is 22.9 Å². The average Bonchev–Trinajstić information content (AvgIpc) is 3.25. The summed E-state index contributed by atoms with van der Waals surface area (Å²) >= 11 is 1.40. The average molecular weight is 532 g/mol. The summed E-state index contributed by atoms with van der Waals surface area (Å²) in [6.45, 7) is 4.78. The molecular formula is C23H29N7O6S. The molecule has 0 aliphatic carbocycles. The zero-order valence-electron chi connectivity index (χ0n) is 20.7. The molecular weight excluding hydrogens is 502 g/mol. The van der Waals surface area contributed by atoms with Gasteiger partial charge in [-0.2, -0.15) is 0 Å². The van der Waals surface area contributed by atoms with Crippen LogP contribution in [0.2, 0.25) is 0 Å². The second-order valence-corrected chi connectivity index (χ2v) is 11.2. The van der Waals surface area contributed by atoms with E-state index in [0.29, 0.717) is 56.9 Å². The summed E-state index contributed by atoms with van der Waals surface area (Å²) < 4.78 is 6.66. The molecule has 3 amide bonds. The number of amides is 3. The number of thioether (sulfide) groups is 1. The lowest BCUT2D eigenvalue weighted by molar-refractivity contribution is -0.152. The van der Waals surface area contributed by atoms with Gasteiger partial charge in [0, 0.05) is 50.0 Å². The number of hydrogen-bond donors (Lipinski definition) is 1. The van der Waals surface area contributed by atoms with E-state index in [1.54, 1.807) is 23.2 Å². The molecule has 198 valence electrons.